The molecule has 1 aromatic carbocycles. The first kappa shape index (κ1) is 15.4. The Bertz CT molecular complexity index is 614. The van der Waals surface area contributed by atoms with E-state index in [1.54, 1.807) is 18.2 Å². The number of aromatic nitrogens is 3. The van der Waals surface area contributed by atoms with Crippen LogP contribution in [0.15, 0.2) is 29.4 Å². The van der Waals surface area contributed by atoms with Crippen molar-refractivity contribution < 1.29 is 13.6 Å². The molecule has 0 unspecified atom stereocenters. The molecular weight excluding hydrogens is 300 g/mol. The molecule has 0 radical (unpaired) electrons. The highest BCUT2D eigenvalue weighted by molar-refractivity contribution is 7.98. The Morgan fingerprint density at radius 2 is 2.05 bits per heavy atom. The van der Waals surface area contributed by atoms with Gasteiger partial charge in [-0.15, -0.1) is 0 Å². The molecule has 0 fully saturated rings. The number of alkyl halides is 2. The Labute approximate surface area is 124 Å². The van der Waals surface area contributed by atoms with Gasteiger partial charge < -0.3 is 5.73 Å². The lowest BCUT2D eigenvalue weighted by molar-refractivity contribution is 0.150. The number of halogens is 2. The number of nitrogens with one attached hydrogen (secondary N) is 1. The van der Waals surface area contributed by atoms with Gasteiger partial charge in [-0.05, 0) is 5.56 Å². The second kappa shape index (κ2) is 7.14. The first-order valence-corrected chi connectivity index (χ1v) is 6.88. The largest absolute Gasteiger partial charge is 0.368 e. The molecule has 0 aliphatic heterocycles. The first-order chi connectivity index (χ1) is 10.1. The summed E-state index contributed by atoms with van der Waals surface area (Å²) in [6.45, 7) is 0. The number of hydrogen-bond donors (Lipinski definition) is 2. The van der Waals surface area contributed by atoms with Crippen LogP contribution in [0.25, 0.3) is 0 Å². The Balaban J connectivity index is 2.13. The van der Waals surface area contributed by atoms with Crippen LogP contribution in [0.5, 0.6) is 0 Å². The third kappa shape index (κ3) is 4.23. The quantitative estimate of drug-likeness (QED) is 0.626. The third-order valence-corrected chi connectivity index (χ3v) is 3.37. The number of benzene rings is 1. The molecule has 0 amide bonds. The molecule has 0 saturated carbocycles. The molecule has 2 rings (SSSR count). The van der Waals surface area contributed by atoms with Crippen LogP contribution in [-0.4, -0.2) is 22.1 Å². The molecule has 0 aliphatic rings. The minimum absolute atomic E-state index is 0.00210. The standard InChI is InChI=1S/C12H13F2N5OS/c1-20-19-11-16-10(15)17-12(18-11)21-6-7-4-2-3-5-8(7)9(13)14/h2-5,9H,6H2,1H3,(H3,15,16,17,18,19). The molecule has 6 nitrogen and oxygen atoms in total. The first-order valence-electron chi connectivity index (χ1n) is 5.89. The van der Waals surface area contributed by atoms with Crippen molar-refractivity contribution in [3.05, 3.63) is 35.4 Å². The highest BCUT2D eigenvalue weighted by atomic mass is 32.2. The van der Waals surface area contributed by atoms with Crippen LogP contribution < -0.4 is 11.2 Å². The van der Waals surface area contributed by atoms with Crippen LogP contribution >= 0.6 is 11.8 Å². The van der Waals surface area contributed by atoms with Gasteiger partial charge in [0.2, 0.25) is 5.95 Å². The molecular formula is C12H13F2N5OS. The monoisotopic (exact) mass is 313 g/mol. The van der Waals surface area contributed by atoms with Crippen molar-refractivity contribution in [2.45, 2.75) is 17.3 Å². The van der Waals surface area contributed by atoms with E-state index >= 15 is 0 Å². The Morgan fingerprint density at radius 3 is 2.76 bits per heavy atom. The van der Waals surface area contributed by atoms with Crippen LogP contribution in [0.2, 0.25) is 0 Å². The summed E-state index contributed by atoms with van der Waals surface area (Å²) in [7, 11) is 1.41. The summed E-state index contributed by atoms with van der Waals surface area (Å²) >= 11 is 1.19. The lowest BCUT2D eigenvalue weighted by Gasteiger charge is -2.08. The zero-order valence-corrected chi connectivity index (χ0v) is 11.9. The number of hydrogen-bond acceptors (Lipinski definition) is 7. The number of rotatable bonds is 6. The third-order valence-electron chi connectivity index (χ3n) is 2.47. The van der Waals surface area contributed by atoms with E-state index in [1.807, 2.05) is 0 Å². The number of anilines is 2. The van der Waals surface area contributed by atoms with E-state index in [9.17, 15) is 8.78 Å². The van der Waals surface area contributed by atoms with E-state index < -0.39 is 6.43 Å². The SMILES string of the molecule is CONc1nc(N)nc(SCc2ccccc2C(F)F)n1. The summed E-state index contributed by atoms with van der Waals surface area (Å²) in [6.07, 6.45) is -2.52. The summed E-state index contributed by atoms with van der Waals surface area (Å²) in [5, 5.41) is 0.325. The second-order valence-corrected chi connectivity index (χ2v) is 4.84. The molecule has 1 heterocycles. The molecule has 3 N–H and O–H groups in total. The van der Waals surface area contributed by atoms with Crippen molar-refractivity contribution in [3.63, 3.8) is 0 Å². The fourth-order valence-corrected chi connectivity index (χ4v) is 2.45. The van der Waals surface area contributed by atoms with Gasteiger partial charge in [-0.2, -0.15) is 15.0 Å². The van der Waals surface area contributed by atoms with Crippen LogP contribution in [0, 0.1) is 0 Å². The van der Waals surface area contributed by atoms with Gasteiger partial charge in [-0.25, -0.2) is 14.3 Å². The van der Waals surface area contributed by atoms with Gasteiger partial charge in [0.25, 0.3) is 12.4 Å². The lowest BCUT2D eigenvalue weighted by atomic mass is 10.1. The van der Waals surface area contributed by atoms with Crippen molar-refractivity contribution in [3.8, 4) is 0 Å². The maximum atomic E-state index is 12.9. The van der Waals surface area contributed by atoms with E-state index in [1.165, 1.54) is 24.9 Å². The topological polar surface area (TPSA) is 86.0 Å². The van der Waals surface area contributed by atoms with Gasteiger partial charge in [0, 0.05) is 11.3 Å². The van der Waals surface area contributed by atoms with Crippen LogP contribution in [0.4, 0.5) is 20.7 Å². The van der Waals surface area contributed by atoms with E-state index in [2.05, 4.69) is 25.3 Å². The van der Waals surface area contributed by atoms with Gasteiger partial charge in [-0.1, -0.05) is 36.0 Å². The Morgan fingerprint density at radius 1 is 1.29 bits per heavy atom. The minimum atomic E-state index is -2.52. The second-order valence-electron chi connectivity index (χ2n) is 3.89. The van der Waals surface area contributed by atoms with Gasteiger partial charge in [0.05, 0.1) is 7.11 Å². The zero-order chi connectivity index (χ0) is 15.2. The van der Waals surface area contributed by atoms with E-state index in [0.29, 0.717) is 16.5 Å². The predicted molar refractivity (Wildman–Crippen MR) is 75.8 cm³/mol. The fraction of sp³-hybridized carbons (Fsp3) is 0.250. The van der Waals surface area contributed by atoms with Gasteiger partial charge in [0.1, 0.15) is 0 Å². The molecule has 1 aromatic heterocycles. The smallest absolute Gasteiger partial charge is 0.264 e. The molecule has 21 heavy (non-hydrogen) atoms. The fourth-order valence-electron chi connectivity index (χ4n) is 1.59. The van der Waals surface area contributed by atoms with Crippen molar-refractivity contribution in [1.82, 2.24) is 15.0 Å². The molecule has 2 aromatic rings. The van der Waals surface area contributed by atoms with Gasteiger partial charge in [0.15, 0.2) is 5.16 Å². The van der Waals surface area contributed by atoms with Crippen molar-refractivity contribution in [1.29, 1.82) is 0 Å². The Kier molecular flexibility index (Phi) is 5.23. The Hall–Kier alpha value is -2.00. The minimum Gasteiger partial charge on any atom is -0.368 e. The van der Waals surface area contributed by atoms with E-state index in [0.717, 1.165) is 0 Å². The maximum Gasteiger partial charge on any atom is 0.264 e. The number of nitrogen functional groups attached to an aromatic ring is 1. The van der Waals surface area contributed by atoms with E-state index in [-0.39, 0.29) is 17.5 Å². The van der Waals surface area contributed by atoms with Crippen LogP contribution in [0.1, 0.15) is 17.6 Å². The summed E-state index contributed by atoms with van der Waals surface area (Å²) < 4.78 is 25.8. The van der Waals surface area contributed by atoms with Crippen molar-refractivity contribution in [2.24, 2.45) is 0 Å². The highest BCUT2D eigenvalue weighted by Crippen LogP contribution is 2.28. The lowest BCUT2D eigenvalue weighted by Crippen LogP contribution is -2.06. The van der Waals surface area contributed by atoms with Crippen molar-refractivity contribution in [2.75, 3.05) is 18.3 Å². The van der Waals surface area contributed by atoms with Gasteiger partial charge >= 0.3 is 0 Å². The summed E-state index contributed by atoms with van der Waals surface area (Å²) in [4.78, 5) is 16.5. The highest BCUT2D eigenvalue weighted by Gasteiger charge is 2.13. The predicted octanol–water partition coefficient (Wildman–Crippen LogP) is 2.66. The average molecular weight is 313 g/mol. The molecule has 9 heteroatoms. The summed E-state index contributed by atoms with van der Waals surface area (Å²) in [5.41, 5.74) is 8.51. The van der Waals surface area contributed by atoms with Crippen LogP contribution in [-0.2, 0) is 10.6 Å². The zero-order valence-electron chi connectivity index (χ0n) is 11.1. The normalized spacial score (nSPS) is 10.9. The summed E-state index contributed by atoms with van der Waals surface area (Å²) in [5.74, 6) is 0.486. The molecule has 0 aliphatic carbocycles. The van der Waals surface area contributed by atoms with Crippen molar-refractivity contribution >= 4 is 23.7 Å². The maximum absolute atomic E-state index is 12.9. The number of thioether (sulfide) groups is 1. The molecule has 0 bridgehead atoms. The molecule has 112 valence electrons. The molecule has 0 saturated heterocycles. The number of nitrogens with two attached hydrogens (primary N) is 1. The molecule has 0 atom stereocenters. The van der Waals surface area contributed by atoms with Gasteiger partial charge in [-0.3, -0.25) is 4.84 Å². The number of nitrogens with zero attached hydrogens (tertiary/aromatic N) is 3. The van der Waals surface area contributed by atoms with E-state index in [4.69, 9.17) is 5.73 Å². The van der Waals surface area contributed by atoms with Crippen LogP contribution in [0.3, 0.4) is 0 Å². The average Bonchev–Trinajstić information content (AvgIpc) is 2.45. The molecule has 0 spiro atoms. The summed E-state index contributed by atoms with van der Waals surface area (Å²) in [6, 6.07) is 6.34.